The Bertz CT molecular complexity index is 3170. The molecule has 0 spiro atoms. The zero-order valence-electron chi connectivity index (χ0n) is 55.8. The number of carbonyl (C=O) groups is 4. The topological polar surface area (TPSA) is 250 Å². The van der Waals surface area contributed by atoms with Gasteiger partial charge in [-0.05, 0) is 172 Å². The van der Waals surface area contributed by atoms with Crippen LogP contribution in [0.5, 0.6) is 0 Å². The molecule has 4 aliphatic carbocycles. The summed E-state index contributed by atoms with van der Waals surface area (Å²) in [5.74, 6) is -4.84. The molecule has 4 aliphatic heterocycles. The molecule has 0 aromatic heterocycles. The van der Waals surface area contributed by atoms with Gasteiger partial charge in [0.1, 0.15) is 67.3 Å². The Morgan fingerprint density at radius 3 is 0.968 bits per heavy atom. The van der Waals surface area contributed by atoms with Crippen molar-refractivity contribution in [3.63, 3.8) is 0 Å². The fraction of sp³-hybridized carbons (Fsp3) is 0.616. The average Bonchev–Trinajstić information content (AvgIpc) is 0.828. The van der Waals surface area contributed by atoms with Gasteiger partial charge in [-0.2, -0.15) is 26.3 Å². The molecule has 488 valence electrons. The maximum Gasteiger partial charge on any atom is 0.349 e. The van der Waals surface area contributed by atoms with E-state index in [0.29, 0.717) is 95.1 Å². The van der Waals surface area contributed by atoms with Crippen LogP contribution >= 0.6 is 0 Å². The molecule has 0 N–H and O–H groups in total. The number of piperidine rings is 4. The molecule has 0 amide bonds. The lowest BCUT2D eigenvalue weighted by Crippen LogP contribution is -2.44. The number of nitrogens with zero attached hydrogens (tertiary/aromatic N) is 12. The number of likely N-dealkylation sites (tertiary alicyclic amines) is 4. The number of carbonyl (C=O) groups excluding carboxylic acids is 4. The van der Waals surface area contributed by atoms with Crippen molar-refractivity contribution in [1.82, 2.24) is 19.6 Å². The molecular weight excluding hydrogens is 1170 g/mol. The van der Waals surface area contributed by atoms with Gasteiger partial charge in [0.15, 0.2) is 5.70 Å². The van der Waals surface area contributed by atoms with Gasteiger partial charge in [0, 0.05) is 75.1 Å². The monoisotopic (exact) mass is 1260 g/mol. The SMILES string of the molecule is [C-]#[N+]C1=C(N2CCCCC2)CC(C)(C)C/C1=C(/[N+]#[C-])C(=O)OCC(COC(=O)/C(C#N)=C1\CC(C)(C)CC(N2CCCCC2)=C1C#N)(COC(=O)/C(C#N)=C1\CC(C)(C)CC(N2CCCCC2)=C1C#N)COC(=O)/C([N+]#[C-])=C1/CC(C)(C)CC(N2CCCCC2)=C1C#N. The summed E-state index contributed by atoms with van der Waals surface area (Å²) in [6.45, 7) is 43.0. The summed E-state index contributed by atoms with van der Waals surface area (Å²) < 4.78 is 24.7. The number of hydrogen-bond donors (Lipinski definition) is 0. The molecule has 0 bridgehead atoms. The van der Waals surface area contributed by atoms with E-state index in [2.05, 4.69) is 52.3 Å². The Morgan fingerprint density at radius 2 is 0.667 bits per heavy atom. The Balaban J connectivity index is 1.28. The number of nitriles is 5. The first kappa shape index (κ1) is 69.8. The number of allylic oxidation sites excluding steroid dienone is 11. The molecule has 20 heteroatoms. The van der Waals surface area contributed by atoms with E-state index in [-0.39, 0.29) is 70.4 Å². The van der Waals surface area contributed by atoms with E-state index in [4.69, 9.17) is 38.7 Å². The lowest BCUT2D eigenvalue weighted by molar-refractivity contribution is -0.165. The van der Waals surface area contributed by atoms with Gasteiger partial charge in [-0.25, -0.2) is 24.1 Å². The van der Waals surface area contributed by atoms with Crippen molar-refractivity contribution < 1.29 is 38.1 Å². The summed E-state index contributed by atoms with van der Waals surface area (Å²) >= 11 is 0. The van der Waals surface area contributed by atoms with Crippen LogP contribution < -0.4 is 0 Å². The minimum absolute atomic E-state index is 0.138. The van der Waals surface area contributed by atoms with Crippen molar-refractivity contribution >= 4 is 23.9 Å². The van der Waals surface area contributed by atoms with Crippen molar-refractivity contribution in [2.24, 2.45) is 27.1 Å². The Kier molecular flexibility index (Phi) is 22.3. The van der Waals surface area contributed by atoms with E-state index in [1.54, 1.807) is 0 Å². The number of rotatable bonds is 16. The highest BCUT2D eigenvalue weighted by molar-refractivity contribution is 5.96. The van der Waals surface area contributed by atoms with E-state index in [1.165, 1.54) is 0 Å². The quantitative estimate of drug-likeness (QED) is 0.0458. The predicted octanol–water partition coefficient (Wildman–Crippen LogP) is 12.8. The molecule has 8 rings (SSSR count). The van der Waals surface area contributed by atoms with Crippen LogP contribution in [-0.2, 0) is 38.1 Å². The van der Waals surface area contributed by atoms with Crippen molar-refractivity contribution in [2.75, 3.05) is 78.8 Å². The van der Waals surface area contributed by atoms with E-state index < -0.39 is 99.9 Å². The van der Waals surface area contributed by atoms with Crippen molar-refractivity contribution in [2.45, 2.75) is 184 Å². The van der Waals surface area contributed by atoms with Crippen LogP contribution in [0.25, 0.3) is 14.5 Å². The van der Waals surface area contributed by atoms with Gasteiger partial charge in [-0.3, -0.25) is 9.59 Å². The minimum atomic E-state index is -2.21. The summed E-state index contributed by atoms with van der Waals surface area (Å²) in [4.78, 5) is 80.0. The third-order valence-corrected chi connectivity index (χ3v) is 19.4. The maximum atomic E-state index is 15.0. The van der Waals surface area contributed by atoms with Crippen molar-refractivity contribution in [1.29, 1.82) is 26.3 Å². The first-order valence-corrected chi connectivity index (χ1v) is 33.0. The van der Waals surface area contributed by atoms with E-state index in [0.717, 1.165) is 82.7 Å². The van der Waals surface area contributed by atoms with Crippen LogP contribution in [-0.4, -0.2) is 122 Å². The van der Waals surface area contributed by atoms with Gasteiger partial charge >= 0.3 is 23.9 Å². The van der Waals surface area contributed by atoms with E-state index in [1.807, 2.05) is 67.5 Å². The molecule has 0 atom stereocenters. The van der Waals surface area contributed by atoms with Gasteiger partial charge in [0.2, 0.25) is 0 Å². The second kappa shape index (κ2) is 29.7. The van der Waals surface area contributed by atoms with Crippen molar-refractivity contribution in [3.8, 4) is 30.3 Å². The second-order valence-electron chi connectivity index (χ2n) is 29.6. The number of ether oxygens (including phenoxy) is 4. The highest BCUT2D eigenvalue weighted by Gasteiger charge is 2.45. The first-order chi connectivity index (χ1) is 44.3. The molecule has 4 heterocycles. The summed E-state index contributed by atoms with van der Waals surface area (Å²) in [7, 11) is 0. The van der Waals surface area contributed by atoms with Crippen LogP contribution in [0.1, 0.15) is 184 Å². The average molecular weight is 1260 g/mol. The van der Waals surface area contributed by atoms with Gasteiger partial charge in [-0.15, -0.1) is 0 Å². The first-order valence-electron chi connectivity index (χ1n) is 33.0. The molecule has 0 aromatic rings. The molecule has 0 unspecified atom stereocenters. The fourth-order valence-corrected chi connectivity index (χ4v) is 14.8. The molecular formula is C73H88N12O8. The number of esters is 4. The van der Waals surface area contributed by atoms with Crippen LogP contribution in [0.3, 0.4) is 0 Å². The molecule has 20 nitrogen and oxygen atoms in total. The van der Waals surface area contributed by atoms with Crippen molar-refractivity contribution in [3.05, 3.63) is 124 Å². The van der Waals surface area contributed by atoms with Crippen LogP contribution in [0.4, 0.5) is 0 Å². The summed E-state index contributed by atoms with van der Waals surface area (Å²) in [6, 6.07) is 10.9. The zero-order valence-corrected chi connectivity index (χ0v) is 55.8. The normalized spacial score (nSPS) is 23.6. The predicted molar refractivity (Wildman–Crippen MR) is 344 cm³/mol. The van der Waals surface area contributed by atoms with Gasteiger partial charge in [0.25, 0.3) is 11.4 Å². The summed E-state index contributed by atoms with van der Waals surface area (Å²) in [6.07, 6.45) is 13.8. The Labute approximate surface area is 549 Å². The number of hydrogen-bond acceptors (Lipinski definition) is 17. The summed E-state index contributed by atoms with van der Waals surface area (Å²) in [5, 5.41) is 54.6. The molecule has 93 heavy (non-hydrogen) atoms. The maximum absolute atomic E-state index is 15.0. The van der Waals surface area contributed by atoms with Gasteiger partial charge < -0.3 is 38.5 Å². The Morgan fingerprint density at radius 1 is 0.398 bits per heavy atom. The zero-order chi connectivity index (χ0) is 67.5. The largest absolute Gasteiger partial charge is 0.470 e. The Hall–Kier alpha value is -9.08. The van der Waals surface area contributed by atoms with Gasteiger partial charge in [0.05, 0.1) is 42.5 Å². The smallest absolute Gasteiger partial charge is 0.349 e. The van der Waals surface area contributed by atoms with Gasteiger partial charge in [-0.1, -0.05) is 55.4 Å². The van der Waals surface area contributed by atoms with Crippen LogP contribution in [0.2, 0.25) is 0 Å². The lowest BCUT2D eigenvalue weighted by atomic mass is 9.72. The molecule has 0 radical (unpaired) electrons. The lowest BCUT2D eigenvalue weighted by Gasteiger charge is -2.41. The second-order valence-corrected chi connectivity index (χ2v) is 29.6. The van der Waals surface area contributed by atoms with Crippen LogP contribution in [0, 0.1) is 103 Å². The highest BCUT2D eigenvalue weighted by atomic mass is 16.6. The molecule has 0 saturated carbocycles. The van der Waals surface area contributed by atoms with E-state index >= 15 is 19.2 Å². The fourth-order valence-electron chi connectivity index (χ4n) is 14.8. The third-order valence-electron chi connectivity index (χ3n) is 19.4. The third kappa shape index (κ3) is 16.2. The molecule has 8 aliphatic rings. The minimum Gasteiger partial charge on any atom is -0.470 e. The molecule has 4 fully saturated rings. The van der Waals surface area contributed by atoms with Crippen LogP contribution in [0.15, 0.2) is 90.0 Å². The van der Waals surface area contributed by atoms with E-state index in [9.17, 15) is 26.3 Å². The summed E-state index contributed by atoms with van der Waals surface area (Å²) in [5.41, 5.74) is -2.11. The molecule has 0 aromatic carbocycles. The standard InChI is InChI=1S/C73H88N12O8/c1-69(2)32-49(53(40-74)58(36-69)82-24-16-12-17-25-82)56(43-77)65(86)90-45-73(46-91-66(87)57(44-78)50-33-70(3,4)37-59(54(50)41-75)83-26-18-13-19-27-83,47-92-67(88)63(80-10)51-34-71(5,6)38-60(55(51)42-76)84-28-20-14-21-29-84)48-93-68(89)64(81-11)52-35-72(7,8)39-61(62(52)79-9)85-30-22-15-23-31-85/h12-39,45-48H2,1-8H3/b56-49+,57-50+,63-51+,64-52-. The highest BCUT2D eigenvalue weighted by Crippen LogP contribution is 2.49. The molecule has 4 saturated heterocycles.